The van der Waals surface area contributed by atoms with Gasteiger partial charge in [0.2, 0.25) is 5.91 Å². The van der Waals surface area contributed by atoms with E-state index in [0.717, 1.165) is 10.9 Å². The first kappa shape index (κ1) is 24.2. The van der Waals surface area contributed by atoms with Crippen LogP contribution in [-0.4, -0.2) is 40.7 Å². The van der Waals surface area contributed by atoms with E-state index in [-0.39, 0.29) is 24.5 Å². The molecule has 0 aliphatic rings. The molecular weight excluding hydrogens is 468 g/mol. The maximum atomic E-state index is 12.7. The van der Waals surface area contributed by atoms with Crippen LogP contribution in [0.3, 0.4) is 0 Å². The lowest BCUT2D eigenvalue weighted by Crippen LogP contribution is -2.17. The molecule has 1 amide bonds. The van der Waals surface area contributed by atoms with Gasteiger partial charge < -0.3 is 14.8 Å². The topological polar surface area (TPSA) is 95.3 Å². The number of carbonyl (C=O) groups excluding carboxylic acids is 2. The summed E-state index contributed by atoms with van der Waals surface area (Å²) in [7, 11) is 3.08. The van der Waals surface area contributed by atoms with Crippen LogP contribution >= 0.6 is 11.6 Å². The molecular formula is C26H25ClN4O4. The summed E-state index contributed by atoms with van der Waals surface area (Å²) in [6.45, 7) is 3.81. The SMILES string of the molecule is COc1ccc(Cl)cc1C(=O)CCC(=O)Nc1cc(C)nn1-c1cc(C)c2cccc(OC)c2n1. The average Bonchev–Trinajstić information content (AvgIpc) is 3.21. The summed E-state index contributed by atoms with van der Waals surface area (Å²) in [6.07, 6.45) is -0.0169. The number of hydrogen-bond donors (Lipinski definition) is 1. The summed E-state index contributed by atoms with van der Waals surface area (Å²) in [6, 6.07) is 14.2. The van der Waals surface area contributed by atoms with Gasteiger partial charge in [-0.2, -0.15) is 9.78 Å². The van der Waals surface area contributed by atoms with Gasteiger partial charge in [-0.05, 0) is 49.7 Å². The Hall–Kier alpha value is -3.91. The van der Waals surface area contributed by atoms with E-state index in [1.54, 1.807) is 36.1 Å². The molecule has 0 aliphatic heterocycles. The number of aryl methyl sites for hydroxylation is 2. The van der Waals surface area contributed by atoms with Crippen LogP contribution in [0.1, 0.15) is 34.5 Å². The lowest BCUT2D eigenvalue weighted by atomic mass is 10.1. The average molecular weight is 493 g/mol. The maximum absolute atomic E-state index is 12.7. The van der Waals surface area contributed by atoms with Gasteiger partial charge >= 0.3 is 0 Å². The third kappa shape index (κ3) is 5.12. The number of benzene rings is 2. The summed E-state index contributed by atoms with van der Waals surface area (Å²) >= 11 is 6.02. The van der Waals surface area contributed by atoms with Crippen molar-refractivity contribution in [3.8, 4) is 17.3 Å². The Balaban J connectivity index is 1.55. The minimum Gasteiger partial charge on any atom is -0.496 e. The van der Waals surface area contributed by atoms with Crippen molar-refractivity contribution in [1.82, 2.24) is 14.8 Å². The number of halogens is 1. The van der Waals surface area contributed by atoms with Gasteiger partial charge in [-0.15, -0.1) is 0 Å². The number of ketones is 1. The Morgan fingerprint density at radius 3 is 2.51 bits per heavy atom. The molecule has 0 saturated heterocycles. The van der Waals surface area contributed by atoms with Crippen LogP contribution < -0.4 is 14.8 Å². The molecule has 4 aromatic rings. The zero-order chi connectivity index (χ0) is 25.1. The number of fused-ring (bicyclic) bond motifs is 1. The van der Waals surface area contributed by atoms with Crippen LogP contribution in [0.15, 0.2) is 48.5 Å². The number of Topliss-reactive ketones (excluding diaryl/α,β-unsaturated/α-hetero) is 1. The normalized spacial score (nSPS) is 10.9. The third-order valence-corrected chi connectivity index (χ3v) is 5.81. The summed E-state index contributed by atoms with van der Waals surface area (Å²) in [5.74, 6) is 1.52. The van der Waals surface area contributed by atoms with Crippen molar-refractivity contribution < 1.29 is 19.1 Å². The molecule has 9 heteroatoms. The largest absolute Gasteiger partial charge is 0.496 e. The van der Waals surface area contributed by atoms with Gasteiger partial charge in [0.25, 0.3) is 0 Å². The summed E-state index contributed by atoms with van der Waals surface area (Å²) in [5, 5.41) is 8.76. The molecule has 0 unspecified atom stereocenters. The van der Waals surface area contributed by atoms with Crippen molar-refractivity contribution in [3.05, 3.63) is 70.4 Å². The number of nitrogens with one attached hydrogen (secondary N) is 1. The number of anilines is 1. The molecule has 0 saturated carbocycles. The highest BCUT2D eigenvalue weighted by Crippen LogP contribution is 2.29. The number of amides is 1. The van der Waals surface area contributed by atoms with Gasteiger partial charge in [0, 0.05) is 29.3 Å². The smallest absolute Gasteiger partial charge is 0.225 e. The zero-order valence-corrected chi connectivity index (χ0v) is 20.6. The number of pyridine rings is 1. The molecule has 0 aliphatic carbocycles. The van der Waals surface area contributed by atoms with Crippen molar-refractivity contribution in [3.63, 3.8) is 0 Å². The quantitative estimate of drug-likeness (QED) is 0.335. The molecule has 4 rings (SSSR count). The first-order chi connectivity index (χ1) is 16.8. The van der Waals surface area contributed by atoms with E-state index in [1.807, 2.05) is 38.1 Å². The second-order valence-corrected chi connectivity index (χ2v) is 8.49. The minimum absolute atomic E-state index is 0.000185. The van der Waals surface area contributed by atoms with Crippen LogP contribution in [0.4, 0.5) is 5.82 Å². The fourth-order valence-electron chi connectivity index (χ4n) is 3.88. The summed E-state index contributed by atoms with van der Waals surface area (Å²) < 4.78 is 12.3. The third-order valence-electron chi connectivity index (χ3n) is 5.57. The molecule has 35 heavy (non-hydrogen) atoms. The van der Waals surface area contributed by atoms with Crippen LogP contribution in [0.2, 0.25) is 5.02 Å². The maximum Gasteiger partial charge on any atom is 0.225 e. The van der Waals surface area contributed by atoms with Crippen LogP contribution in [-0.2, 0) is 4.79 Å². The zero-order valence-electron chi connectivity index (χ0n) is 19.9. The monoisotopic (exact) mass is 492 g/mol. The number of methoxy groups -OCH3 is 2. The molecule has 0 spiro atoms. The Labute approximate surface area is 207 Å². The first-order valence-electron chi connectivity index (χ1n) is 11.0. The Morgan fingerprint density at radius 1 is 1.00 bits per heavy atom. The van der Waals surface area contributed by atoms with Gasteiger partial charge in [0.05, 0.1) is 25.5 Å². The van der Waals surface area contributed by atoms with E-state index in [9.17, 15) is 9.59 Å². The molecule has 0 atom stereocenters. The van der Waals surface area contributed by atoms with Crippen molar-refractivity contribution in [2.75, 3.05) is 19.5 Å². The van der Waals surface area contributed by atoms with Gasteiger partial charge in [-0.25, -0.2) is 4.98 Å². The highest BCUT2D eigenvalue weighted by atomic mass is 35.5. The van der Waals surface area contributed by atoms with Gasteiger partial charge in [-0.1, -0.05) is 23.7 Å². The summed E-state index contributed by atoms with van der Waals surface area (Å²) in [4.78, 5) is 30.2. The number of ether oxygens (including phenoxy) is 2. The molecule has 0 fully saturated rings. The van der Waals surface area contributed by atoms with Crippen LogP contribution in [0.25, 0.3) is 16.7 Å². The lowest BCUT2D eigenvalue weighted by molar-refractivity contribution is -0.116. The van der Waals surface area contributed by atoms with E-state index in [1.165, 1.54) is 7.11 Å². The number of nitrogens with zero attached hydrogens (tertiary/aromatic N) is 3. The van der Waals surface area contributed by atoms with Gasteiger partial charge in [0.1, 0.15) is 22.8 Å². The highest BCUT2D eigenvalue weighted by Gasteiger charge is 2.18. The summed E-state index contributed by atoms with van der Waals surface area (Å²) in [5.41, 5.74) is 2.75. The van der Waals surface area contributed by atoms with Crippen molar-refractivity contribution >= 4 is 40.0 Å². The Bertz CT molecular complexity index is 1430. The fraction of sp³-hybridized carbons (Fsp3) is 0.231. The van der Waals surface area contributed by atoms with E-state index >= 15 is 0 Å². The minimum atomic E-state index is -0.324. The lowest BCUT2D eigenvalue weighted by Gasteiger charge is -2.12. The predicted octanol–water partition coefficient (Wildman–Crippen LogP) is 5.31. The molecule has 2 aromatic heterocycles. The number of para-hydroxylation sites is 1. The second kappa shape index (κ2) is 10.1. The van der Waals surface area contributed by atoms with E-state index in [0.29, 0.717) is 44.9 Å². The predicted molar refractivity (Wildman–Crippen MR) is 135 cm³/mol. The number of aromatic nitrogens is 3. The molecule has 2 heterocycles. The Morgan fingerprint density at radius 2 is 1.77 bits per heavy atom. The van der Waals surface area contributed by atoms with Crippen molar-refractivity contribution in [1.29, 1.82) is 0 Å². The molecule has 0 bridgehead atoms. The molecule has 1 N–H and O–H groups in total. The number of hydrogen-bond acceptors (Lipinski definition) is 6. The molecule has 2 aromatic carbocycles. The second-order valence-electron chi connectivity index (χ2n) is 8.05. The molecule has 0 radical (unpaired) electrons. The molecule has 8 nitrogen and oxygen atoms in total. The number of rotatable bonds is 8. The van der Waals surface area contributed by atoms with Crippen LogP contribution in [0, 0.1) is 13.8 Å². The van der Waals surface area contributed by atoms with E-state index < -0.39 is 0 Å². The first-order valence-corrected chi connectivity index (χ1v) is 11.4. The molecule has 180 valence electrons. The van der Waals surface area contributed by atoms with Crippen molar-refractivity contribution in [2.45, 2.75) is 26.7 Å². The fourth-order valence-corrected chi connectivity index (χ4v) is 4.05. The van der Waals surface area contributed by atoms with Crippen molar-refractivity contribution in [2.24, 2.45) is 0 Å². The van der Waals surface area contributed by atoms with E-state index in [4.69, 9.17) is 26.1 Å². The highest BCUT2D eigenvalue weighted by molar-refractivity contribution is 6.31. The van der Waals surface area contributed by atoms with Crippen LogP contribution in [0.5, 0.6) is 11.5 Å². The van der Waals surface area contributed by atoms with E-state index in [2.05, 4.69) is 10.4 Å². The standard InChI is InChI=1S/C26H25ClN4O4/c1-15-12-23(29-26-18(15)6-5-7-22(26)35-4)31-24(13-16(2)30-31)28-25(33)11-9-20(32)19-14-17(27)8-10-21(19)34-3/h5-8,10,12-14H,9,11H2,1-4H3,(H,28,33). The van der Waals surface area contributed by atoms with Gasteiger partial charge in [0.15, 0.2) is 11.6 Å². The Kier molecular flexibility index (Phi) is 7.02. The number of carbonyl (C=O) groups is 2. The van der Waals surface area contributed by atoms with Gasteiger partial charge in [-0.3, -0.25) is 9.59 Å².